The van der Waals surface area contributed by atoms with Crippen molar-refractivity contribution in [3.05, 3.63) is 119 Å². The van der Waals surface area contributed by atoms with E-state index in [1.165, 1.54) is 19.5 Å². The van der Waals surface area contributed by atoms with E-state index in [0.29, 0.717) is 22.5 Å². The molecule has 2 saturated heterocycles. The van der Waals surface area contributed by atoms with Gasteiger partial charge in [0, 0.05) is 19.7 Å². The summed E-state index contributed by atoms with van der Waals surface area (Å²) in [5.74, 6) is -1.97. The Balaban J connectivity index is 1.09. The Morgan fingerprint density at radius 3 is 2.43 bits per heavy atom. The van der Waals surface area contributed by atoms with Gasteiger partial charge in [-0.25, -0.2) is 29.5 Å². The lowest BCUT2D eigenvalue weighted by Crippen LogP contribution is -2.34. The van der Waals surface area contributed by atoms with E-state index < -0.39 is 48.0 Å². The summed E-state index contributed by atoms with van der Waals surface area (Å²) < 4.78 is 37.7. The molecule has 2 aromatic heterocycles. The van der Waals surface area contributed by atoms with Crippen molar-refractivity contribution < 1.29 is 42.8 Å². The molecule has 0 aliphatic carbocycles. The van der Waals surface area contributed by atoms with Gasteiger partial charge in [-0.3, -0.25) is 9.36 Å². The van der Waals surface area contributed by atoms with Crippen LogP contribution in [0.25, 0.3) is 17.2 Å². The number of benzene rings is 3. The summed E-state index contributed by atoms with van der Waals surface area (Å²) >= 11 is 0. The summed E-state index contributed by atoms with van der Waals surface area (Å²) in [7, 11) is 4.98. The van der Waals surface area contributed by atoms with E-state index >= 15 is 0 Å². The van der Waals surface area contributed by atoms with Crippen molar-refractivity contribution in [1.29, 1.82) is 0 Å². The number of nitrogens with zero attached hydrogens (tertiary/aromatic N) is 6. The van der Waals surface area contributed by atoms with Gasteiger partial charge in [-0.1, -0.05) is 60.7 Å². The van der Waals surface area contributed by atoms with Gasteiger partial charge in [-0.15, -0.1) is 0 Å². The van der Waals surface area contributed by atoms with E-state index in [-0.39, 0.29) is 35.7 Å². The van der Waals surface area contributed by atoms with Crippen LogP contribution in [0.15, 0.2) is 96.5 Å². The van der Waals surface area contributed by atoms with Crippen molar-refractivity contribution in [2.75, 3.05) is 27.8 Å². The second-order valence-corrected chi connectivity index (χ2v) is 13.7. The second-order valence-electron chi connectivity index (χ2n) is 13.7. The summed E-state index contributed by atoms with van der Waals surface area (Å²) in [6.07, 6.45) is 5.10. The first kappa shape index (κ1) is 38.0. The fourth-order valence-corrected chi connectivity index (χ4v) is 6.46. The lowest BCUT2D eigenvalue weighted by Gasteiger charge is -2.25. The van der Waals surface area contributed by atoms with Gasteiger partial charge in [0.2, 0.25) is 0 Å². The molecule has 2 aliphatic rings. The van der Waals surface area contributed by atoms with Crippen LogP contribution in [-0.2, 0) is 30.3 Å². The van der Waals surface area contributed by atoms with Crippen LogP contribution in [-0.4, -0.2) is 100 Å². The van der Waals surface area contributed by atoms with Gasteiger partial charge in [-0.05, 0) is 49.2 Å². The molecule has 2 aliphatic heterocycles. The Morgan fingerprint density at radius 2 is 1.66 bits per heavy atom. The minimum atomic E-state index is -0.923. The predicted octanol–water partition coefficient (Wildman–Crippen LogP) is 5.58. The number of esters is 2. The number of carbonyl (C=O) groups is 3. The minimum absolute atomic E-state index is 0.0361. The minimum Gasteiger partial charge on any atom is -0.490 e. The second kappa shape index (κ2) is 16.2. The van der Waals surface area contributed by atoms with Crippen LogP contribution in [0, 0.1) is 0 Å². The number of hydrogen-bond donors (Lipinski definition) is 0. The molecule has 0 spiro atoms. The van der Waals surface area contributed by atoms with E-state index in [2.05, 4.69) is 19.9 Å². The smallest absolute Gasteiger partial charge is 0.341 e. The number of methoxy groups -OCH3 is 1. The van der Waals surface area contributed by atoms with Gasteiger partial charge < -0.3 is 33.3 Å². The van der Waals surface area contributed by atoms with Gasteiger partial charge in [0.25, 0.3) is 0 Å². The summed E-state index contributed by atoms with van der Waals surface area (Å²) in [5, 5.41) is 0. The zero-order valence-electron chi connectivity index (χ0n) is 31.4. The number of ether oxygens (including phenoxy) is 6. The Bertz CT molecular complexity index is 2310. The summed E-state index contributed by atoms with van der Waals surface area (Å²) in [5.41, 5.74) is 2.86. The average molecular weight is 761 g/mol. The summed E-state index contributed by atoms with van der Waals surface area (Å²) in [4.78, 5) is 58.7. The molecule has 3 aromatic carbocycles. The standard InChI is InChI=1S/C41H40N6O9/c1-41(2)55-34-32(54-38(35(34)56-41)47-24-44-33-36(45-23-46(3)4)42-22-43-37(33)47)21-52-31-19-25(15-17-29(31)39(49)51-5)16-18-30(48)27-13-9-10-14-28(27)40(50)53-20-26-11-7-6-8-12-26/h6-19,22-24,32,34-35,38H,20-21H2,1-5H3/b18-16+,45-23?/t32-,34-,35-,38-/m1/s1. The molecule has 56 heavy (non-hydrogen) atoms. The van der Waals surface area contributed by atoms with Crippen molar-refractivity contribution in [2.45, 2.75) is 50.8 Å². The van der Waals surface area contributed by atoms with Gasteiger partial charge in [-0.2, -0.15) is 0 Å². The van der Waals surface area contributed by atoms with Crippen molar-refractivity contribution in [3.8, 4) is 5.75 Å². The first-order valence-corrected chi connectivity index (χ1v) is 17.8. The maximum Gasteiger partial charge on any atom is 0.341 e. The number of carbonyl (C=O) groups excluding carboxylic acids is 3. The van der Waals surface area contributed by atoms with Crippen molar-refractivity contribution in [3.63, 3.8) is 0 Å². The molecule has 0 unspecified atom stereocenters. The molecule has 0 amide bonds. The molecular formula is C41H40N6O9. The number of fused-ring (bicyclic) bond motifs is 2. The number of imidazole rings is 1. The van der Waals surface area contributed by atoms with Crippen LogP contribution in [0.3, 0.4) is 0 Å². The van der Waals surface area contributed by atoms with Crippen LogP contribution < -0.4 is 4.74 Å². The zero-order valence-corrected chi connectivity index (χ0v) is 31.4. The van der Waals surface area contributed by atoms with Crippen LogP contribution >= 0.6 is 0 Å². The molecule has 4 heterocycles. The Kier molecular flexibility index (Phi) is 11.0. The maximum absolute atomic E-state index is 13.4. The summed E-state index contributed by atoms with van der Waals surface area (Å²) in [6, 6.07) is 20.6. The third-order valence-electron chi connectivity index (χ3n) is 9.02. The first-order valence-electron chi connectivity index (χ1n) is 17.8. The Hall–Kier alpha value is -6.29. The monoisotopic (exact) mass is 760 g/mol. The zero-order chi connectivity index (χ0) is 39.4. The largest absolute Gasteiger partial charge is 0.490 e. The lowest BCUT2D eigenvalue weighted by molar-refractivity contribution is -0.198. The third kappa shape index (κ3) is 8.19. The third-order valence-corrected chi connectivity index (χ3v) is 9.02. The number of hydrogen-bond acceptors (Lipinski definition) is 13. The van der Waals surface area contributed by atoms with Crippen LogP contribution in [0.2, 0.25) is 0 Å². The highest BCUT2D eigenvalue weighted by Gasteiger charge is 2.56. The van der Waals surface area contributed by atoms with Crippen LogP contribution in [0.1, 0.15) is 62.3 Å². The molecular weight excluding hydrogens is 720 g/mol. The lowest BCUT2D eigenvalue weighted by atomic mass is 10.0. The van der Waals surface area contributed by atoms with E-state index in [4.69, 9.17) is 28.4 Å². The Morgan fingerprint density at radius 1 is 0.911 bits per heavy atom. The highest BCUT2D eigenvalue weighted by atomic mass is 16.8. The van der Waals surface area contributed by atoms with E-state index in [1.807, 2.05) is 58.3 Å². The van der Waals surface area contributed by atoms with Gasteiger partial charge in [0.1, 0.15) is 49.2 Å². The highest BCUT2D eigenvalue weighted by molar-refractivity contribution is 6.12. The van der Waals surface area contributed by atoms with Crippen LogP contribution in [0.4, 0.5) is 5.82 Å². The van der Waals surface area contributed by atoms with E-state index in [1.54, 1.807) is 70.7 Å². The number of aromatic nitrogens is 4. The summed E-state index contributed by atoms with van der Waals surface area (Å²) in [6.45, 7) is 3.68. The fraction of sp³-hybridized carbons (Fsp3) is 0.293. The Labute approximate surface area is 322 Å². The van der Waals surface area contributed by atoms with Gasteiger partial charge >= 0.3 is 11.9 Å². The molecule has 5 aromatic rings. The van der Waals surface area contributed by atoms with E-state index in [0.717, 1.165) is 5.56 Å². The number of ketones is 1. The number of rotatable bonds is 13. The van der Waals surface area contributed by atoms with Crippen molar-refractivity contribution >= 4 is 47.1 Å². The SMILES string of the molecule is COC(=O)c1ccc(/C=C/C(=O)c2ccccc2C(=O)OCc2ccccc2)cc1OC[C@H]1O[C@@H](n2cnc3c(N=CN(C)C)ncnc32)[C@@H]2OC(C)(C)O[C@@H]21. The molecule has 0 N–H and O–H groups in total. The van der Waals surface area contributed by atoms with Crippen molar-refractivity contribution in [2.24, 2.45) is 4.99 Å². The normalized spacial score (nSPS) is 20.0. The highest BCUT2D eigenvalue weighted by Crippen LogP contribution is 2.44. The molecule has 0 bridgehead atoms. The maximum atomic E-state index is 13.4. The van der Waals surface area contributed by atoms with Gasteiger partial charge in [0.15, 0.2) is 34.8 Å². The molecule has 15 heteroatoms. The van der Waals surface area contributed by atoms with Crippen molar-refractivity contribution in [1.82, 2.24) is 24.4 Å². The topological polar surface area (TPSA) is 166 Å². The molecule has 4 atom stereocenters. The van der Waals surface area contributed by atoms with Gasteiger partial charge in [0.05, 0.1) is 25.3 Å². The predicted molar refractivity (Wildman–Crippen MR) is 204 cm³/mol. The molecule has 2 fully saturated rings. The fourth-order valence-electron chi connectivity index (χ4n) is 6.46. The molecule has 0 saturated carbocycles. The molecule has 0 radical (unpaired) electrons. The molecule has 15 nitrogen and oxygen atoms in total. The number of allylic oxidation sites excluding steroid dienone is 1. The average Bonchev–Trinajstić information content (AvgIpc) is 3.88. The quantitative estimate of drug-likeness (QED) is 0.0480. The molecule has 288 valence electrons. The number of aliphatic imine (C=N–C) groups is 1. The molecule has 7 rings (SSSR count). The first-order chi connectivity index (χ1) is 27.0. The van der Waals surface area contributed by atoms with Crippen LogP contribution in [0.5, 0.6) is 5.75 Å². The van der Waals surface area contributed by atoms with E-state index in [9.17, 15) is 14.4 Å².